The van der Waals surface area contributed by atoms with Crippen LogP contribution in [0.15, 0.2) is 5.16 Å². The zero-order valence-electron chi connectivity index (χ0n) is 8.29. The molecule has 1 rings (SSSR count). The SMILES string of the molecule is C#CCCNCC1(CC(N)=NO)CC1. The molecule has 0 atom stereocenters. The first-order chi connectivity index (χ1) is 6.72. The molecule has 0 bridgehead atoms. The van der Waals surface area contributed by atoms with E-state index in [4.69, 9.17) is 17.4 Å². The third-order valence-corrected chi connectivity index (χ3v) is 2.59. The molecule has 1 aliphatic carbocycles. The van der Waals surface area contributed by atoms with Crippen molar-refractivity contribution in [1.82, 2.24) is 5.32 Å². The number of oxime groups is 1. The van der Waals surface area contributed by atoms with Crippen molar-refractivity contribution in [2.24, 2.45) is 16.3 Å². The van der Waals surface area contributed by atoms with Gasteiger partial charge >= 0.3 is 0 Å². The van der Waals surface area contributed by atoms with E-state index in [2.05, 4.69) is 16.4 Å². The second-order valence-corrected chi connectivity index (χ2v) is 3.90. The fourth-order valence-corrected chi connectivity index (χ4v) is 1.53. The highest BCUT2D eigenvalue weighted by atomic mass is 16.4. The van der Waals surface area contributed by atoms with Crippen LogP contribution < -0.4 is 11.1 Å². The molecule has 1 fully saturated rings. The first-order valence-corrected chi connectivity index (χ1v) is 4.83. The van der Waals surface area contributed by atoms with Crippen molar-refractivity contribution in [3.63, 3.8) is 0 Å². The molecule has 0 saturated heterocycles. The second kappa shape index (κ2) is 4.87. The molecule has 0 aliphatic heterocycles. The van der Waals surface area contributed by atoms with Crippen LogP contribution >= 0.6 is 0 Å². The first kappa shape index (κ1) is 10.9. The highest BCUT2D eigenvalue weighted by Crippen LogP contribution is 2.48. The maximum absolute atomic E-state index is 8.45. The highest BCUT2D eigenvalue weighted by molar-refractivity contribution is 5.80. The molecule has 1 aliphatic rings. The molecule has 4 nitrogen and oxygen atoms in total. The summed E-state index contributed by atoms with van der Waals surface area (Å²) in [6.07, 6.45) is 8.85. The van der Waals surface area contributed by atoms with Gasteiger partial charge < -0.3 is 16.3 Å². The Morgan fingerprint density at radius 2 is 2.36 bits per heavy atom. The summed E-state index contributed by atoms with van der Waals surface area (Å²) in [6, 6.07) is 0. The monoisotopic (exact) mass is 195 g/mol. The first-order valence-electron chi connectivity index (χ1n) is 4.83. The summed E-state index contributed by atoms with van der Waals surface area (Å²) in [7, 11) is 0. The third kappa shape index (κ3) is 3.27. The molecule has 4 heteroatoms. The van der Waals surface area contributed by atoms with Gasteiger partial charge in [-0.25, -0.2) is 0 Å². The van der Waals surface area contributed by atoms with Gasteiger partial charge in [-0.15, -0.1) is 12.3 Å². The van der Waals surface area contributed by atoms with Crippen LogP contribution in [0.3, 0.4) is 0 Å². The van der Waals surface area contributed by atoms with E-state index in [0.29, 0.717) is 12.3 Å². The van der Waals surface area contributed by atoms with Crippen molar-refractivity contribution in [2.75, 3.05) is 13.1 Å². The number of hydrogen-bond donors (Lipinski definition) is 3. The summed E-state index contributed by atoms with van der Waals surface area (Å²) >= 11 is 0. The van der Waals surface area contributed by atoms with Gasteiger partial charge in [0.15, 0.2) is 0 Å². The number of amidine groups is 1. The number of nitrogens with two attached hydrogens (primary N) is 1. The molecule has 0 unspecified atom stereocenters. The summed E-state index contributed by atoms with van der Waals surface area (Å²) in [6.45, 7) is 1.75. The van der Waals surface area contributed by atoms with Crippen LogP contribution in [-0.2, 0) is 0 Å². The number of nitrogens with zero attached hydrogens (tertiary/aromatic N) is 1. The molecule has 4 N–H and O–H groups in total. The van der Waals surface area contributed by atoms with Gasteiger partial charge in [-0.05, 0) is 18.3 Å². The number of hydrogen-bond acceptors (Lipinski definition) is 3. The van der Waals surface area contributed by atoms with Crippen LogP contribution in [0, 0.1) is 17.8 Å². The maximum Gasteiger partial charge on any atom is 0.139 e. The van der Waals surface area contributed by atoms with E-state index in [1.54, 1.807) is 0 Å². The zero-order chi connectivity index (χ0) is 10.4. The lowest BCUT2D eigenvalue weighted by atomic mass is 10.0. The van der Waals surface area contributed by atoms with Gasteiger partial charge in [0.1, 0.15) is 5.84 Å². The van der Waals surface area contributed by atoms with Crippen LogP contribution in [-0.4, -0.2) is 24.1 Å². The quantitative estimate of drug-likeness (QED) is 0.144. The Kier molecular flexibility index (Phi) is 3.78. The molecule has 0 radical (unpaired) electrons. The molecule has 14 heavy (non-hydrogen) atoms. The van der Waals surface area contributed by atoms with Gasteiger partial charge in [-0.3, -0.25) is 0 Å². The van der Waals surface area contributed by atoms with Gasteiger partial charge in [0.25, 0.3) is 0 Å². The molecule has 1 saturated carbocycles. The van der Waals surface area contributed by atoms with Gasteiger partial charge in [0.2, 0.25) is 0 Å². The lowest BCUT2D eigenvalue weighted by molar-refractivity contribution is 0.314. The van der Waals surface area contributed by atoms with E-state index in [1.165, 1.54) is 0 Å². The van der Waals surface area contributed by atoms with E-state index in [-0.39, 0.29) is 5.41 Å². The van der Waals surface area contributed by atoms with Crippen molar-refractivity contribution < 1.29 is 5.21 Å². The number of nitrogens with one attached hydrogen (secondary N) is 1. The summed E-state index contributed by atoms with van der Waals surface area (Å²) in [4.78, 5) is 0. The predicted molar refractivity (Wildman–Crippen MR) is 56.0 cm³/mol. The van der Waals surface area contributed by atoms with Crippen molar-refractivity contribution >= 4 is 5.84 Å². The third-order valence-electron chi connectivity index (χ3n) is 2.59. The zero-order valence-corrected chi connectivity index (χ0v) is 8.29. The lowest BCUT2D eigenvalue weighted by Gasteiger charge is -2.14. The fraction of sp³-hybridized carbons (Fsp3) is 0.700. The highest BCUT2D eigenvalue weighted by Gasteiger charge is 2.42. The predicted octanol–water partition coefficient (Wildman–Crippen LogP) is 0.516. The normalized spacial score (nSPS) is 18.9. The Morgan fingerprint density at radius 1 is 1.64 bits per heavy atom. The fourth-order valence-electron chi connectivity index (χ4n) is 1.53. The summed E-state index contributed by atoms with van der Waals surface area (Å²) < 4.78 is 0. The Hall–Kier alpha value is -1.21. The van der Waals surface area contributed by atoms with Crippen LogP contribution in [0.4, 0.5) is 0 Å². The average molecular weight is 195 g/mol. The van der Waals surface area contributed by atoms with Crippen molar-refractivity contribution in [1.29, 1.82) is 0 Å². The molecule has 0 aromatic heterocycles. The van der Waals surface area contributed by atoms with Crippen LogP contribution in [0.2, 0.25) is 0 Å². The van der Waals surface area contributed by atoms with Gasteiger partial charge in [-0.2, -0.15) is 0 Å². The lowest BCUT2D eigenvalue weighted by Crippen LogP contribution is -2.28. The summed E-state index contributed by atoms with van der Waals surface area (Å²) in [5.74, 6) is 2.90. The Balaban J connectivity index is 2.20. The van der Waals surface area contributed by atoms with Gasteiger partial charge in [-0.1, -0.05) is 5.16 Å². The van der Waals surface area contributed by atoms with E-state index >= 15 is 0 Å². The molecular formula is C10H17N3O. The number of rotatable bonds is 6. The molecule has 0 amide bonds. The largest absolute Gasteiger partial charge is 0.409 e. The average Bonchev–Trinajstić information content (AvgIpc) is 2.93. The Morgan fingerprint density at radius 3 is 2.86 bits per heavy atom. The summed E-state index contributed by atoms with van der Waals surface area (Å²) in [5.41, 5.74) is 5.70. The molecular weight excluding hydrogens is 178 g/mol. The number of terminal acetylenes is 1. The Labute approximate surface area is 84.6 Å². The molecule has 78 valence electrons. The minimum Gasteiger partial charge on any atom is -0.409 e. The topological polar surface area (TPSA) is 70.6 Å². The van der Waals surface area contributed by atoms with Crippen molar-refractivity contribution in [3.05, 3.63) is 0 Å². The Bertz CT molecular complexity index is 251. The van der Waals surface area contributed by atoms with Crippen LogP contribution in [0.1, 0.15) is 25.7 Å². The molecule has 0 spiro atoms. The molecule has 0 aromatic rings. The van der Waals surface area contributed by atoms with Gasteiger partial charge in [0, 0.05) is 25.9 Å². The molecule has 0 heterocycles. The van der Waals surface area contributed by atoms with Crippen LogP contribution in [0.5, 0.6) is 0 Å². The van der Waals surface area contributed by atoms with E-state index in [1.807, 2.05) is 0 Å². The van der Waals surface area contributed by atoms with E-state index in [0.717, 1.165) is 32.4 Å². The van der Waals surface area contributed by atoms with Crippen molar-refractivity contribution in [2.45, 2.75) is 25.7 Å². The van der Waals surface area contributed by atoms with E-state index < -0.39 is 0 Å². The van der Waals surface area contributed by atoms with Crippen molar-refractivity contribution in [3.8, 4) is 12.3 Å². The standard InChI is InChI=1S/C10H17N3O/c1-2-3-6-12-8-10(4-5-10)7-9(11)13-14/h1,12,14H,3-8H2,(H2,11,13). The molecule has 0 aromatic carbocycles. The minimum absolute atomic E-state index is 0.227. The van der Waals surface area contributed by atoms with Crippen LogP contribution in [0.25, 0.3) is 0 Å². The van der Waals surface area contributed by atoms with Gasteiger partial charge in [0.05, 0.1) is 0 Å². The van der Waals surface area contributed by atoms with E-state index in [9.17, 15) is 0 Å². The minimum atomic E-state index is 0.227. The smallest absolute Gasteiger partial charge is 0.139 e. The second-order valence-electron chi connectivity index (χ2n) is 3.90. The summed E-state index contributed by atoms with van der Waals surface area (Å²) in [5, 5.41) is 14.7. The maximum atomic E-state index is 8.45.